The molecule has 0 radical (unpaired) electrons. The van der Waals surface area contributed by atoms with E-state index < -0.39 is 0 Å². The molecular weight excluding hydrogens is 180 g/mol. The van der Waals surface area contributed by atoms with Crippen LogP contribution in [-0.2, 0) is 9.59 Å². The van der Waals surface area contributed by atoms with Crippen molar-refractivity contribution in [1.29, 1.82) is 0 Å². The molecule has 1 rings (SSSR count). The van der Waals surface area contributed by atoms with E-state index in [9.17, 15) is 0 Å². The third-order valence-electron chi connectivity index (χ3n) is 1.76. The molecule has 0 bridgehead atoms. The molecule has 3 heteroatoms. The van der Waals surface area contributed by atoms with Crippen molar-refractivity contribution in [3.05, 3.63) is 29.8 Å². The van der Waals surface area contributed by atoms with Gasteiger partial charge < -0.3 is 4.74 Å². The zero-order chi connectivity index (χ0) is 11.0. The first kappa shape index (κ1) is 12.4. The van der Waals surface area contributed by atoms with E-state index >= 15 is 0 Å². The Morgan fingerprint density at radius 2 is 1.86 bits per heavy atom. The first-order chi connectivity index (χ1) is 6.65. The lowest BCUT2D eigenvalue weighted by molar-refractivity contribution is -0.191. The molecule has 0 atom stereocenters. The normalized spacial score (nSPS) is 8.57. The van der Waals surface area contributed by atoms with Crippen molar-refractivity contribution in [1.82, 2.24) is 0 Å². The topological polar surface area (TPSA) is 43.4 Å². The van der Waals surface area contributed by atoms with Crippen molar-refractivity contribution >= 4 is 6.15 Å². The molecule has 0 aliphatic carbocycles. The molecule has 0 fully saturated rings. The molecule has 1 aromatic rings. The molecule has 0 N–H and O–H groups in total. The van der Waals surface area contributed by atoms with E-state index in [2.05, 4.69) is 26.0 Å². The van der Waals surface area contributed by atoms with Gasteiger partial charge in [0.1, 0.15) is 5.75 Å². The third kappa shape index (κ3) is 4.43. The Bertz CT molecular complexity index is 299. The van der Waals surface area contributed by atoms with Gasteiger partial charge in [-0.3, -0.25) is 0 Å². The van der Waals surface area contributed by atoms with E-state index in [0.717, 1.165) is 5.75 Å². The SMILES string of the molecule is COc1cccc(C(C)C)c1.O=C=O. The number of ether oxygens (including phenoxy) is 1. The van der Waals surface area contributed by atoms with Crippen LogP contribution in [0.5, 0.6) is 5.75 Å². The van der Waals surface area contributed by atoms with Crippen molar-refractivity contribution in [2.24, 2.45) is 0 Å². The summed E-state index contributed by atoms with van der Waals surface area (Å²) in [4.78, 5) is 16.2. The maximum Gasteiger partial charge on any atom is 0.373 e. The molecule has 0 aliphatic heterocycles. The molecule has 0 saturated carbocycles. The first-order valence-corrected chi connectivity index (χ1v) is 4.29. The molecule has 0 unspecified atom stereocenters. The Hall–Kier alpha value is -1.60. The summed E-state index contributed by atoms with van der Waals surface area (Å²) in [7, 11) is 1.69. The molecule has 0 spiro atoms. The van der Waals surface area contributed by atoms with Crippen molar-refractivity contribution in [2.45, 2.75) is 19.8 Å². The minimum atomic E-state index is 0.250. The molecule has 76 valence electrons. The van der Waals surface area contributed by atoms with Gasteiger partial charge in [0.2, 0.25) is 0 Å². The van der Waals surface area contributed by atoms with E-state index in [1.165, 1.54) is 5.56 Å². The van der Waals surface area contributed by atoms with Crippen LogP contribution in [0.2, 0.25) is 0 Å². The average molecular weight is 194 g/mol. The standard InChI is InChI=1S/C10H14O.CO2/c1-8(2)9-5-4-6-10(7-9)11-3;2-1-3/h4-8H,1-3H3;. The van der Waals surface area contributed by atoms with E-state index in [4.69, 9.17) is 14.3 Å². The van der Waals surface area contributed by atoms with Crippen molar-refractivity contribution in [2.75, 3.05) is 7.11 Å². The van der Waals surface area contributed by atoms with Crippen LogP contribution in [0.3, 0.4) is 0 Å². The van der Waals surface area contributed by atoms with Gasteiger partial charge in [-0.15, -0.1) is 0 Å². The Morgan fingerprint density at radius 3 is 2.29 bits per heavy atom. The number of hydrogen-bond acceptors (Lipinski definition) is 3. The number of carbonyl (C=O) groups excluding carboxylic acids is 2. The second kappa shape index (κ2) is 6.87. The predicted molar refractivity (Wildman–Crippen MR) is 52.1 cm³/mol. The van der Waals surface area contributed by atoms with Gasteiger partial charge in [0.15, 0.2) is 0 Å². The maximum atomic E-state index is 8.12. The molecule has 0 aromatic heterocycles. The van der Waals surface area contributed by atoms with Crippen LogP contribution in [0.4, 0.5) is 0 Å². The van der Waals surface area contributed by atoms with Gasteiger partial charge in [-0.2, -0.15) is 9.59 Å². The van der Waals surface area contributed by atoms with Crippen LogP contribution in [-0.4, -0.2) is 13.3 Å². The monoisotopic (exact) mass is 194 g/mol. The van der Waals surface area contributed by atoms with Gasteiger partial charge in [0, 0.05) is 0 Å². The van der Waals surface area contributed by atoms with E-state index in [-0.39, 0.29) is 6.15 Å². The fourth-order valence-electron chi connectivity index (χ4n) is 1.00. The molecule has 1 aromatic carbocycles. The quantitative estimate of drug-likeness (QED) is 0.725. The van der Waals surface area contributed by atoms with Gasteiger partial charge in [0.25, 0.3) is 0 Å². The Balaban J connectivity index is 0.000000500. The molecule has 0 aliphatic rings. The Labute approximate surface area is 83.7 Å². The zero-order valence-corrected chi connectivity index (χ0v) is 8.61. The summed E-state index contributed by atoms with van der Waals surface area (Å²) in [6.45, 7) is 4.35. The number of methoxy groups -OCH3 is 1. The predicted octanol–water partition coefficient (Wildman–Crippen LogP) is 2.24. The largest absolute Gasteiger partial charge is 0.497 e. The summed E-state index contributed by atoms with van der Waals surface area (Å²) >= 11 is 0. The highest BCUT2D eigenvalue weighted by molar-refractivity contribution is 5.30. The third-order valence-corrected chi connectivity index (χ3v) is 1.76. The smallest absolute Gasteiger partial charge is 0.373 e. The molecule has 0 saturated heterocycles. The van der Waals surface area contributed by atoms with Crippen LogP contribution in [0.15, 0.2) is 24.3 Å². The highest BCUT2D eigenvalue weighted by Gasteiger charge is 1.98. The summed E-state index contributed by atoms with van der Waals surface area (Å²) in [5.74, 6) is 1.52. The fourth-order valence-corrected chi connectivity index (χ4v) is 1.00. The van der Waals surface area contributed by atoms with Crippen molar-refractivity contribution < 1.29 is 14.3 Å². The molecule has 0 heterocycles. The van der Waals surface area contributed by atoms with Gasteiger partial charge in [0.05, 0.1) is 7.11 Å². The highest BCUT2D eigenvalue weighted by Crippen LogP contribution is 2.19. The summed E-state index contributed by atoms with van der Waals surface area (Å²) in [6, 6.07) is 8.18. The van der Waals surface area contributed by atoms with E-state index in [1.54, 1.807) is 7.11 Å². The molecule has 14 heavy (non-hydrogen) atoms. The van der Waals surface area contributed by atoms with Crippen LogP contribution in [0.1, 0.15) is 25.3 Å². The lowest BCUT2D eigenvalue weighted by Gasteiger charge is -2.06. The summed E-state index contributed by atoms with van der Waals surface area (Å²) in [5.41, 5.74) is 1.32. The molecule has 0 amide bonds. The Morgan fingerprint density at radius 1 is 1.29 bits per heavy atom. The van der Waals surface area contributed by atoms with E-state index in [0.29, 0.717) is 5.92 Å². The highest BCUT2D eigenvalue weighted by atomic mass is 16.5. The average Bonchev–Trinajstić information content (AvgIpc) is 2.19. The van der Waals surface area contributed by atoms with Gasteiger partial charge in [-0.05, 0) is 23.6 Å². The van der Waals surface area contributed by atoms with Gasteiger partial charge in [-0.25, -0.2) is 0 Å². The van der Waals surface area contributed by atoms with Crippen LogP contribution in [0.25, 0.3) is 0 Å². The van der Waals surface area contributed by atoms with E-state index in [1.807, 2.05) is 12.1 Å². The minimum absolute atomic E-state index is 0.250. The van der Waals surface area contributed by atoms with Crippen molar-refractivity contribution in [3.8, 4) is 5.75 Å². The second-order valence-electron chi connectivity index (χ2n) is 3.01. The first-order valence-electron chi connectivity index (χ1n) is 4.29. The number of hydrogen-bond donors (Lipinski definition) is 0. The minimum Gasteiger partial charge on any atom is -0.497 e. The fraction of sp³-hybridized carbons (Fsp3) is 0.364. The van der Waals surface area contributed by atoms with Gasteiger partial charge >= 0.3 is 6.15 Å². The summed E-state index contributed by atoms with van der Waals surface area (Å²) in [6.07, 6.45) is 0.250. The second-order valence-corrected chi connectivity index (χ2v) is 3.01. The maximum absolute atomic E-state index is 8.12. The summed E-state index contributed by atoms with van der Waals surface area (Å²) in [5, 5.41) is 0. The van der Waals surface area contributed by atoms with Crippen LogP contribution >= 0.6 is 0 Å². The van der Waals surface area contributed by atoms with Crippen molar-refractivity contribution in [3.63, 3.8) is 0 Å². The van der Waals surface area contributed by atoms with Crippen LogP contribution < -0.4 is 4.74 Å². The lowest BCUT2D eigenvalue weighted by Crippen LogP contribution is -1.88. The number of rotatable bonds is 2. The number of benzene rings is 1. The molecular formula is C11H14O3. The molecule has 3 nitrogen and oxygen atoms in total. The Kier molecular flexibility index (Phi) is 6.08. The zero-order valence-electron chi connectivity index (χ0n) is 8.61. The summed E-state index contributed by atoms with van der Waals surface area (Å²) < 4.78 is 5.11. The lowest BCUT2D eigenvalue weighted by atomic mass is 10.0. The van der Waals surface area contributed by atoms with Crippen LogP contribution in [0, 0.1) is 0 Å². The van der Waals surface area contributed by atoms with Gasteiger partial charge in [-0.1, -0.05) is 26.0 Å².